The summed E-state index contributed by atoms with van der Waals surface area (Å²) in [6.45, 7) is 0.980. The maximum Gasteiger partial charge on any atom is 0.326 e. The van der Waals surface area contributed by atoms with E-state index < -0.39 is 12.0 Å². The number of carbonyl (C=O) groups is 2. The van der Waals surface area contributed by atoms with E-state index in [-0.39, 0.29) is 12.5 Å². The minimum atomic E-state index is -1.19. The highest BCUT2D eigenvalue weighted by atomic mass is 16.4. The molecule has 1 unspecified atom stereocenters. The van der Waals surface area contributed by atoms with E-state index in [9.17, 15) is 9.59 Å². The van der Waals surface area contributed by atoms with E-state index in [0.29, 0.717) is 0 Å². The van der Waals surface area contributed by atoms with E-state index in [2.05, 4.69) is 10.0 Å². The average Bonchev–Trinajstić information content (AvgIpc) is 2.04. The molecule has 0 aromatic carbocycles. The van der Waals surface area contributed by atoms with Crippen molar-refractivity contribution in [1.82, 2.24) is 4.90 Å². The third-order valence-electron chi connectivity index (χ3n) is 1.57. The van der Waals surface area contributed by atoms with Crippen LogP contribution in [0.5, 0.6) is 0 Å². The summed E-state index contributed by atoms with van der Waals surface area (Å²) in [7, 11) is 1.34. The molecule has 7 nitrogen and oxygen atoms in total. The van der Waals surface area contributed by atoms with Gasteiger partial charge in [-0.3, -0.25) is 4.79 Å². The van der Waals surface area contributed by atoms with Gasteiger partial charge >= 0.3 is 5.97 Å². The van der Waals surface area contributed by atoms with Crippen LogP contribution >= 0.6 is 0 Å². The van der Waals surface area contributed by atoms with E-state index in [4.69, 9.17) is 10.6 Å². The van der Waals surface area contributed by atoms with Crippen molar-refractivity contribution in [2.75, 3.05) is 13.6 Å². The average molecular weight is 186 g/mol. The monoisotopic (exact) mass is 186 g/mol. The second-order valence-corrected chi connectivity index (χ2v) is 2.40. The van der Waals surface area contributed by atoms with E-state index in [1.807, 2.05) is 0 Å². The Morgan fingerprint density at radius 2 is 2.23 bits per heavy atom. The number of nitrogens with zero attached hydrogens (tertiary/aromatic N) is 4. The summed E-state index contributed by atoms with van der Waals surface area (Å²) in [6.07, 6.45) is 0. The molecule has 0 aromatic rings. The lowest BCUT2D eigenvalue weighted by atomic mass is 10.2. The minimum Gasteiger partial charge on any atom is -0.480 e. The predicted molar refractivity (Wildman–Crippen MR) is 43.9 cm³/mol. The van der Waals surface area contributed by atoms with Gasteiger partial charge in [-0.15, -0.1) is 0 Å². The van der Waals surface area contributed by atoms with E-state index in [0.717, 1.165) is 4.90 Å². The van der Waals surface area contributed by atoms with Crippen LogP contribution in [0.25, 0.3) is 10.4 Å². The number of rotatable bonds is 4. The van der Waals surface area contributed by atoms with Crippen LogP contribution in [0.2, 0.25) is 0 Å². The molecule has 0 aromatic heterocycles. The molecule has 0 heterocycles. The Balaban J connectivity index is 4.50. The summed E-state index contributed by atoms with van der Waals surface area (Å²) in [5.41, 5.74) is 7.98. The molecule has 13 heavy (non-hydrogen) atoms. The smallest absolute Gasteiger partial charge is 0.326 e. The molecule has 0 rings (SSSR count). The van der Waals surface area contributed by atoms with Gasteiger partial charge in [-0.25, -0.2) is 4.79 Å². The first kappa shape index (κ1) is 11.2. The Morgan fingerprint density at radius 3 is 2.54 bits per heavy atom. The number of amides is 1. The number of hydrogen-bond acceptors (Lipinski definition) is 3. The van der Waals surface area contributed by atoms with Gasteiger partial charge in [-0.2, -0.15) is 0 Å². The first-order valence-electron chi connectivity index (χ1n) is 3.47. The Morgan fingerprint density at radius 1 is 1.69 bits per heavy atom. The summed E-state index contributed by atoms with van der Waals surface area (Å²) >= 11 is 0. The fourth-order valence-corrected chi connectivity index (χ4v) is 0.700. The number of azide groups is 1. The molecule has 0 aliphatic carbocycles. The van der Waals surface area contributed by atoms with Gasteiger partial charge in [0.15, 0.2) is 0 Å². The fraction of sp³-hybridized carbons (Fsp3) is 0.667. The molecule has 7 heteroatoms. The van der Waals surface area contributed by atoms with Crippen molar-refractivity contribution in [3.8, 4) is 0 Å². The van der Waals surface area contributed by atoms with E-state index in [1.54, 1.807) is 0 Å². The zero-order valence-electron chi connectivity index (χ0n) is 7.34. The first-order chi connectivity index (χ1) is 6.00. The maximum atomic E-state index is 10.8. The van der Waals surface area contributed by atoms with Gasteiger partial charge in [0.25, 0.3) is 0 Å². The largest absolute Gasteiger partial charge is 0.480 e. The number of carboxylic acid groups (broad SMARTS) is 1. The third kappa shape index (κ3) is 3.44. The summed E-state index contributed by atoms with van der Waals surface area (Å²) in [5.74, 6) is -1.58. The van der Waals surface area contributed by atoms with Crippen LogP contribution in [-0.2, 0) is 9.59 Å². The standard InChI is InChI=1S/C6H10N4O3/c1-4(11)10(2)5(6(12)13)3-8-9-7/h5H,3H2,1-2H3,(H,12,13). The normalized spacial score (nSPS) is 11.2. The van der Waals surface area contributed by atoms with Crippen LogP contribution in [0.1, 0.15) is 6.92 Å². The number of hydrogen-bond donors (Lipinski definition) is 1. The van der Waals surface area contributed by atoms with Crippen LogP contribution in [0.4, 0.5) is 0 Å². The fourth-order valence-electron chi connectivity index (χ4n) is 0.700. The van der Waals surface area contributed by atoms with Gasteiger partial charge in [0.2, 0.25) is 5.91 Å². The summed E-state index contributed by atoms with van der Waals surface area (Å²) in [5, 5.41) is 11.7. The zero-order valence-corrected chi connectivity index (χ0v) is 7.34. The highest BCUT2D eigenvalue weighted by Crippen LogP contribution is 1.98. The molecule has 0 fully saturated rings. The Kier molecular flexibility index (Phi) is 4.32. The molecule has 0 saturated heterocycles. The Labute approximate surface area is 74.6 Å². The van der Waals surface area contributed by atoms with Crippen molar-refractivity contribution >= 4 is 11.9 Å². The van der Waals surface area contributed by atoms with Crippen LogP contribution in [0.15, 0.2) is 5.11 Å². The van der Waals surface area contributed by atoms with Crippen molar-refractivity contribution in [1.29, 1.82) is 0 Å². The summed E-state index contributed by atoms with van der Waals surface area (Å²) in [4.78, 5) is 24.8. The number of aliphatic carboxylic acids is 1. The van der Waals surface area contributed by atoms with Gasteiger partial charge in [0, 0.05) is 18.9 Å². The molecule has 0 bridgehead atoms. The predicted octanol–water partition coefficient (Wildman–Crippen LogP) is 0.228. The molecular weight excluding hydrogens is 176 g/mol. The highest BCUT2D eigenvalue weighted by Gasteiger charge is 2.23. The van der Waals surface area contributed by atoms with Crippen LogP contribution < -0.4 is 0 Å². The second kappa shape index (κ2) is 5.00. The number of carbonyl (C=O) groups excluding carboxylic acids is 1. The molecule has 1 atom stereocenters. The maximum absolute atomic E-state index is 10.8. The third-order valence-corrected chi connectivity index (χ3v) is 1.57. The first-order valence-corrected chi connectivity index (χ1v) is 3.47. The summed E-state index contributed by atoms with van der Waals surface area (Å²) in [6, 6.07) is -1.09. The number of carboxylic acids is 1. The lowest BCUT2D eigenvalue weighted by Crippen LogP contribution is -2.43. The number of likely N-dealkylation sites (N-methyl/N-ethyl adjacent to an activating group) is 1. The Bertz CT molecular complexity index is 259. The molecule has 72 valence electrons. The zero-order chi connectivity index (χ0) is 10.4. The quantitative estimate of drug-likeness (QED) is 0.385. The van der Waals surface area contributed by atoms with Crippen LogP contribution in [0.3, 0.4) is 0 Å². The van der Waals surface area contributed by atoms with Crippen LogP contribution in [-0.4, -0.2) is 41.5 Å². The van der Waals surface area contributed by atoms with Gasteiger partial charge in [-0.05, 0) is 5.53 Å². The lowest BCUT2D eigenvalue weighted by molar-refractivity contribution is -0.147. The molecule has 0 aliphatic heterocycles. The van der Waals surface area contributed by atoms with E-state index >= 15 is 0 Å². The molecule has 1 amide bonds. The summed E-state index contributed by atoms with van der Waals surface area (Å²) < 4.78 is 0. The molecule has 0 saturated carbocycles. The highest BCUT2D eigenvalue weighted by molar-refractivity contribution is 5.82. The minimum absolute atomic E-state index is 0.262. The van der Waals surface area contributed by atoms with Crippen molar-refractivity contribution in [3.63, 3.8) is 0 Å². The van der Waals surface area contributed by atoms with Crippen molar-refractivity contribution < 1.29 is 14.7 Å². The van der Waals surface area contributed by atoms with Crippen LogP contribution in [0, 0.1) is 0 Å². The molecule has 0 aliphatic rings. The molecular formula is C6H10N4O3. The van der Waals surface area contributed by atoms with Gasteiger partial charge in [0.1, 0.15) is 6.04 Å². The molecule has 0 radical (unpaired) electrons. The second-order valence-electron chi connectivity index (χ2n) is 2.40. The van der Waals surface area contributed by atoms with Gasteiger partial charge in [0.05, 0.1) is 6.54 Å². The molecule has 0 spiro atoms. The SMILES string of the molecule is CC(=O)N(C)C(CN=[N+]=[N-])C(=O)O. The Hall–Kier alpha value is -1.75. The molecule has 1 N–H and O–H groups in total. The van der Waals surface area contributed by atoms with E-state index in [1.165, 1.54) is 14.0 Å². The topological polar surface area (TPSA) is 106 Å². The van der Waals surface area contributed by atoms with Crippen molar-refractivity contribution in [2.45, 2.75) is 13.0 Å². The van der Waals surface area contributed by atoms with Crippen molar-refractivity contribution in [3.05, 3.63) is 10.4 Å². The van der Waals surface area contributed by atoms with Crippen molar-refractivity contribution in [2.24, 2.45) is 5.11 Å². The van der Waals surface area contributed by atoms with Gasteiger partial charge < -0.3 is 10.0 Å². The van der Waals surface area contributed by atoms with Gasteiger partial charge in [-0.1, -0.05) is 5.11 Å². The lowest BCUT2D eigenvalue weighted by Gasteiger charge is -2.21.